The molecule has 70 heavy (non-hydrogen) atoms. The first-order valence-corrected chi connectivity index (χ1v) is 29.7. The van der Waals surface area contributed by atoms with Crippen molar-refractivity contribution >= 4 is 17.9 Å². The lowest BCUT2D eigenvalue weighted by Crippen LogP contribution is -2.30. The van der Waals surface area contributed by atoms with Gasteiger partial charge in [0, 0.05) is 19.3 Å². The van der Waals surface area contributed by atoms with E-state index in [4.69, 9.17) is 14.2 Å². The van der Waals surface area contributed by atoms with Gasteiger partial charge >= 0.3 is 17.9 Å². The van der Waals surface area contributed by atoms with Crippen LogP contribution in [0.15, 0.2) is 85.1 Å². The fraction of sp³-hybridized carbons (Fsp3) is 0.734. The standard InChI is InChI=1S/C64H110O6/c1-4-7-10-13-16-19-22-25-28-31-33-36-39-42-45-48-51-54-57-63(66)69-60-61(59-68-62(65)56-53-50-47-44-41-38-35-30-27-24-21-18-15-12-9-6-3)70-64(67)58-55-52-49-46-43-40-37-34-32-29-26-23-20-17-14-11-8-5-2/h10,13,16,19,22,25,28,30-31,33-37,61H,4-9,11-12,14-15,17-18,20-21,23-24,26-27,29,32,38-60H2,1-3H3/b13-10-,19-16-,25-22-,31-28-,35-30-,36-33-,37-34-. The van der Waals surface area contributed by atoms with Crippen LogP contribution < -0.4 is 0 Å². The van der Waals surface area contributed by atoms with Gasteiger partial charge in [0.15, 0.2) is 6.10 Å². The van der Waals surface area contributed by atoms with Crippen LogP contribution in [0, 0.1) is 0 Å². The highest BCUT2D eigenvalue weighted by Crippen LogP contribution is 2.15. The molecule has 0 N–H and O–H groups in total. The third-order valence-corrected chi connectivity index (χ3v) is 12.7. The molecular weight excluding hydrogens is 865 g/mol. The van der Waals surface area contributed by atoms with Crippen molar-refractivity contribution in [2.45, 2.75) is 290 Å². The Bertz CT molecular complexity index is 1350. The first-order valence-electron chi connectivity index (χ1n) is 29.7. The highest BCUT2D eigenvalue weighted by Gasteiger charge is 2.19. The molecule has 6 heteroatoms. The summed E-state index contributed by atoms with van der Waals surface area (Å²) in [6.07, 6.45) is 75.7. The summed E-state index contributed by atoms with van der Waals surface area (Å²) in [5.41, 5.74) is 0. The van der Waals surface area contributed by atoms with Gasteiger partial charge in [-0.25, -0.2) is 0 Å². The van der Waals surface area contributed by atoms with Crippen LogP contribution in [0.2, 0.25) is 0 Å². The van der Waals surface area contributed by atoms with E-state index in [-0.39, 0.29) is 31.1 Å². The number of carbonyl (C=O) groups is 3. The summed E-state index contributed by atoms with van der Waals surface area (Å²) < 4.78 is 16.9. The van der Waals surface area contributed by atoms with Crippen molar-refractivity contribution in [1.82, 2.24) is 0 Å². The molecule has 0 spiro atoms. The molecule has 0 aliphatic heterocycles. The van der Waals surface area contributed by atoms with Gasteiger partial charge in [-0.1, -0.05) is 260 Å². The third-order valence-electron chi connectivity index (χ3n) is 12.7. The molecule has 0 aromatic heterocycles. The molecule has 0 heterocycles. The van der Waals surface area contributed by atoms with Gasteiger partial charge in [0.2, 0.25) is 0 Å². The Morgan fingerprint density at radius 3 is 0.900 bits per heavy atom. The van der Waals surface area contributed by atoms with Crippen LogP contribution >= 0.6 is 0 Å². The fourth-order valence-electron chi connectivity index (χ4n) is 8.23. The molecule has 0 saturated carbocycles. The first kappa shape index (κ1) is 66.6. The molecule has 0 saturated heterocycles. The lowest BCUT2D eigenvalue weighted by Gasteiger charge is -2.18. The van der Waals surface area contributed by atoms with E-state index in [9.17, 15) is 14.4 Å². The van der Waals surface area contributed by atoms with E-state index in [0.717, 1.165) is 103 Å². The maximum Gasteiger partial charge on any atom is 0.306 e. The molecule has 1 atom stereocenters. The predicted molar refractivity (Wildman–Crippen MR) is 302 cm³/mol. The minimum Gasteiger partial charge on any atom is -0.462 e. The summed E-state index contributed by atoms with van der Waals surface area (Å²) in [6.45, 7) is 6.53. The normalized spacial score (nSPS) is 12.7. The average molecular weight is 976 g/mol. The lowest BCUT2D eigenvalue weighted by molar-refractivity contribution is -0.167. The predicted octanol–water partition coefficient (Wildman–Crippen LogP) is 19.9. The first-order chi connectivity index (χ1) is 34.5. The largest absolute Gasteiger partial charge is 0.462 e. The van der Waals surface area contributed by atoms with Gasteiger partial charge in [-0.05, 0) is 89.9 Å². The molecule has 0 radical (unpaired) electrons. The molecule has 0 aromatic rings. The zero-order valence-corrected chi connectivity index (χ0v) is 46.0. The fourth-order valence-corrected chi connectivity index (χ4v) is 8.23. The van der Waals surface area contributed by atoms with E-state index in [1.54, 1.807) is 0 Å². The van der Waals surface area contributed by atoms with Crippen molar-refractivity contribution in [3.63, 3.8) is 0 Å². The molecule has 0 aromatic carbocycles. The van der Waals surface area contributed by atoms with Crippen molar-refractivity contribution in [1.29, 1.82) is 0 Å². The van der Waals surface area contributed by atoms with Crippen molar-refractivity contribution < 1.29 is 28.6 Å². The highest BCUT2D eigenvalue weighted by atomic mass is 16.6. The molecule has 0 fully saturated rings. The number of unbranched alkanes of at least 4 members (excludes halogenated alkanes) is 32. The lowest BCUT2D eigenvalue weighted by atomic mass is 10.1. The summed E-state index contributed by atoms with van der Waals surface area (Å²) in [4.78, 5) is 38.2. The van der Waals surface area contributed by atoms with Gasteiger partial charge < -0.3 is 14.2 Å². The number of ether oxygens (including phenoxy) is 3. The smallest absolute Gasteiger partial charge is 0.306 e. The summed E-state index contributed by atoms with van der Waals surface area (Å²) in [6, 6.07) is 0. The van der Waals surface area contributed by atoms with Crippen molar-refractivity contribution in [2.24, 2.45) is 0 Å². The number of hydrogen-bond donors (Lipinski definition) is 0. The maximum atomic E-state index is 12.9. The van der Waals surface area contributed by atoms with Gasteiger partial charge in [0.05, 0.1) is 0 Å². The van der Waals surface area contributed by atoms with E-state index in [0.29, 0.717) is 19.3 Å². The molecular formula is C64H110O6. The Balaban J connectivity index is 4.46. The van der Waals surface area contributed by atoms with E-state index in [1.807, 2.05) is 24.3 Å². The van der Waals surface area contributed by atoms with Crippen molar-refractivity contribution in [3.8, 4) is 0 Å². The molecule has 6 nitrogen and oxygen atoms in total. The average Bonchev–Trinajstić information content (AvgIpc) is 3.36. The second kappa shape index (κ2) is 58.2. The number of allylic oxidation sites excluding steroid dienone is 14. The minimum absolute atomic E-state index is 0.0923. The van der Waals surface area contributed by atoms with E-state index < -0.39 is 6.10 Å². The molecule has 1 unspecified atom stereocenters. The van der Waals surface area contributed by atoms with Crippen LogP contribution in [-0.2, 0) is 28.6 Å². The zero-order chi connectivity index (χ0) is 50.7. The van der Waals surface area contributed by atoms with E-state index in [2.05, 4.69) is 81.5 Å². The van der Waals surface area contributed by atoms with Crippen LogP contribution in [-0.4, -0.2) is 37.2 Å². The number of carbonyl (C=O) groups excluding carboxylic acids is 3. The minimum atomic E-state index is -0.796. The Morgan fingerprint density at radius 1 is 0.286 bits per heavy atom. The van der Waals surface area contributed by atoms with E-state index >= 15 is 0 Å². The molecule has 402 valence electrons. The quantitative estimate of drug-likeness (QED) is 0.0199. The van der Waals surface area contributed by atoms with Gasteiger partial charge in [-0.15, -0.1) is 0 Å². The topological polar surface area (TPSA) is 78.9 Å². The van der Waals surface area contributed by atoms with Crippen LogP contribution in [0.1, 0.15) is 284 Å². The maximum absolute atomic E-state index is 12.9. The van der Waals surface area contributed by atoms with E-state index in [1.165, 1.54) is 141 Å². The van der Waals surface area contributed by atoms with Crippen LogP contribution in [0.3, 0.4) is 0 Å². The number of hydrogen-bond acceptors (Lipinski definition) is 6. The van der Waals surface area contributed by atoms with Crippen molar-refractivity contribution in [3.05, 3.63) is 85.1 Å². The van der Waals surface area contributed by atoms with Gasteiger partial charge in [-0.3, -0.25) is 14.4 Å². The number of rotatable bonds is 53. The van der Waals surface area contributed by atoms with Gasteiger partial charge in [0.25, 0.3) is 0 Å². The third kappa shape index (κ3) is 55.5. The number of esters is 3. The Hall–Kier alpha value is -3.41. The molecule has 0 amide bonds. The zero-order valence-electron chi connectivity index (χ0n) is 46.0. The Labute approximate surface area is 433 Å². The second-order valence-corrected chi connectivity index (χ2v) is 19.7. The van der Waals surface area contributed by atoms with Crippen molar-refractivity contribution in [2.75, 3.05) is 13.2 Å². The van der Waals surface area contributed by atoms with Crippen LogP contribution in [0.25, 0.3) is 0 Å². The SMILES string of the molecule is CCC\C=C/C=C\C=C/C=C\C=C/CCCCCCCC(=O)OCC(COC(=O)CCCCCCC/C=C\CCCCCCCCC)OC(=O)CCCCCCC/C=C\CCCCCCCCCCC. The second-order valence-electron chi connectivity index (χ2n) is 19.7. The highest BCUT2D eigenvalue weighted by molar-refractivity contribution is 5.71. The summed E-state index contributed by atoms with van der Waals surface area (Å²) in [5, 5.41) is 0. The Kier molecular flexibility index (Phi) is 55.3. The molecule has 0 aliphatic carbocycles. The molecule has 0 bridgehead atoms. The van der Waals surface area contributed by atoms with Crippen LogP contribution in [0.4, 0.5) is 0 Å². The monoisotopic (exact) mass is 975 g/mol. The van der Waals surface area contributed by atoms with Gasteiger partial charge in [-0.2, -0.15) is 0 Å². The Morgan fingerprint density at radius 2 is 0.557 bits per heavy atom. The van der Waals surface area contributed by atoms with Crippen LogP contribution in [0.5, 0.6) is 0 Å². The summed E-state index contributed by atoms with van der Waals surface area (Å²) in [7, 11) is 0. The summed E-state index contributed by atoms with van der Waals surface area (Å²) in [5.74, 6) is -0.926. The summed E-state index contributed by atoms with van der Waals surface area (Å²) >= 11 is 0. The molecule has 0 aliphatic rings. The molecule has 0 rings (SSSR count). The van der Waals surface area contributed by atoms with Gasteiger partial charge in [0.1, 0.15) is 13.2 Å².